The van der Waals surface area contributed by atoms with E-state index in [1.807, 2.05) is 13.8 Å². The molecule has 1 aromatic heterocycles. The summed E-state index contributed by atoms with van der Waals surface area (Å²) in [5.74, 6) is 0.661. The molecule has 0 bridgehead atoms. The zero-order chi connectivity index (χ0) is 10.8. The lowest BCUT2D eigenvalue weighted by atomic mass is 10.1. The fourth-order valence-corrected chi connectivity index (χ4v) is 1.55. The maximum atomic E-state index is 5.96. The number of halogens is 2. The lowest BCUT2D eigenvalue weighted by molar-refractivity contribution is 0.548. The quantitative estimate of drug-likeness (QED) is 0.894. The molecule has 0 spiro atoms. The molecule has 1 aromatic rings. The van der Waals surface area contributed by atoms with E-state index in [4.69, 9.17) is 17.3 Å². The van der Waals surface area contributed by atoms with E-state index in [9.17, 15) is 0 Å². The maximum Gasteiger partial charge on any atom is 0.144 e. The van der Waals surface area contributed by atoms with Crippen LogP contribution in [0.15, 0.2) is 16.7 Å². The van der Waals surface area contributed by atoms with Crippen LogP contribution >= 0.6 is 27.5 Å². The number of anilines is 1. The summed E-state index contributed by atoms with van der Waals surface area (Å²) in [5.41, 5.74) is 5.54. The van der Waals surface area contributed by atoms with E-state index in [0.29, 0.717) is 17.4 Å². The first-order chi connectivity index (χ1) is 6.38. The van der Waals surface area contributed by atoms with Gasteiger partial charge in [0, 0.05) is 22.8 Å². The average molecular weight is 279 g/mol. The molecular formula is C9H13BrClN3. The topological polar surface area (TPSA) is 50.9 Å². The molecule has 3 nitrogen and oxygen atoms in total. The number of hydrogen-bond acceptors (Lipinski definition) is 3. The number of pyridine rings is 1. The summed E-state index contributed by atoms with van der Waals surface area (Å²) in [5, 5.41) is 3.68. The van der Waals surface area contributed by atoms with Crippen molar-refractivity contribution in [3.05, 3.63) is 21.8 Å². The molecule has 14 heavy (non-hydrogen) atoms. The standard InChI is InChI=1S/C9H13BrClN3/c1-9(2,12)5-14-8-7(11)3-6(10)4-13-8/h3-4H,5,12H2,1-2H3,(H,13,14). The van der Waals surface area contributed by atoms with Gasteiger partial charge in [-0.2, -0.15) is 0 Å². The summed E-state index contributed by atoms with van der Waals surface area (Å²) < 4.78 is 0.861. The fraction of sp³-hybridized carbons (Fsp3) is 0.444. The van der Waals surface area contributed by atoms with Gasteiger partial charge in [0.1, 0.15) is 5.82 Å². The molecule has 3 N–H and O–H groups in total. The summed E-state index contributed by atoms with van der Waals surface area (Å²) in [4.78, 5) is 4.14. The Balaban J connectivity index is 2.68. The third kappa shape index (κ3) is 3.82. The molecule has 0 aromatic carbocycles. The van der Waals surface area contributed by atoms with Crippen LogP contribution in [0.4, 0.5) is 5.82 Å². The van der Waals surface area contributed by atoms with E-state index in [2.05, 4.69) is 26.2 Å². The molecule has 0 aliphatic heterocycles. The normalized spacial score (nSPS) is 11.5. The molecule has 0 aliphatic rings. The van der Waals surface area contributed by atoms with Crippen LogP contribution in [0.3, 0.4) is 0 Å². The summed E-state index contributed by atoms with van der Waals surface area (Å²) in [6.07, 6.45) is 1.69. The van der Waals surface area contributed by atoms with Gasteiger partial charge in [0.25, 0.3) is 0 Å². The van der Waals surface area contributed by atoms with Crippen molar-refractivity contribution in [2.24, 2.45) is 5.73 Å². The van der Waals surface area contributed by atoms with Crippen molar-refractivity contribution in [3.63, 3.8) is 0 Å². The van der Waals surface area contributed by atoms with Crippen molar-refractivity contribution >= 4 is 33.3 Å². The van der Waals surface area contributed by atoms with Crippen LogP contribution in [0.25, 0.3) is 0 Å². The molecule has 0 saturated heterocycles. The van der Waals surface area contributed by atoms with Crippen LogP contribution in [0.5, 0.6) is 0 Å². The Morgan fingerprint density at radius 1 is 1.64 bits per heavy atom. The minimum atomic E-state index is -0.280. The Kier molecular flexibility index (Phi) is 3.75. The Labute approximate surface area is 97.2 Å². The average Bonchev–Trinajstić information content (AvgIpc) is 2.00. The molecule has 0 saturated carbocycles. The van der Waals surface area contributed by atoms with Crippen LogP contribution in [0.1, 0.15) is 13.8 Å². The zero-order valence-corrected chi connectivity index (χ0v) is 10.5. The lowest BCUT2D eigenvalue weighted by Gasteiger charge is -2.19. The van der Waals surface area contributed by atoms with E-state index in [1.165, 1.54) is 0 Å². The van der Waals surface area contributed by atoms with Gasteiger partial charge in [-0.25, -0.2) is 4.98 Å². The third-order valence-corrected chi connectivity index (χ3v) is 2.24. The molecule has 0 amide bonds. The van der Waals surface area contributed by atoms with E-state index < -0.39 is 0 Å². The fourth-order valence-electron chi connectivity index (χ4n) is 0.856. The Bertz CT molecular complexity index is 322. The SMILES string of the molecule is CC(C)(N)CNc1ncc(Br)cc1Cl. The van der Waals surface area contributed by atoms with Crippen molar-refractivity contribution in [1.82, 2.24) is 4.98 Å². The smallest absolute Gasteiger partial charge is 0.144 e. The van der Waals surface area contributed by atoms with Gasteiger partial charge < -0.3 is 11.1 Å². The third-order valence-electron chi connectivity index (χ3n) is 1.52. The van der Waals surface area contributed by atoms with Gasteiger partial charge in [-0.1, -0.05) is 11.6 Å². The summed E-state index contributed by atoms with van der Waals surface area (Å²) in [7, 11) is 0. The molecular weight excluding hydrogens is 265 g/mol. The predicted molar refractivity (Wildman–Crippen MR) is 63.7 cm³/mol. The van der Waals surface area contributed by atoms with Gasteiger partial charge in [0.05, 0.1) is 5.02 Å². The lowest BCUT2D eigenvalue weighted by Crippen LogP contribution is -2.39. The second-order valence-corrected chi connectivity index (χ2v) is 5.15. The molecule has 0 fully saturated rings. The van der Waals surface area contributed by atoms with Crippen LogP contribution in [-0.4, -0.2) is 17.1 Å². The molecule has 0 aliphatic carbocycles. The Morgan fingerprint density at radius 3 is 2.79 bits per heavy atom. The number of nitrogens with two attached hydrogens (primary N) is 1. The Hall–Kier alpha value is -0.320. The first-order valence-electron chi connectivity index (χ1n) is 4.22. The highest BCUT2D eigenvalue weighted by molar-refractivity contribution is 9.10. The maximum absolute atomic E-state index is 5.96. The van der Waals surface area contributed by atoms with Gasteiger partial charge in [-0.15, -0.1) is 0 Å². The monoisotopic (exact) mass is 277 g/mol. The minimum absolute atomic E-state index is 0.280. The van der Waals surface area contributed by atoms with E-state index in [-0.39, 0.29) is 5.54 Å². The van der Waals surface area contributed by atoms with Crippen molar-refractivity contribution in [1.29, 1.82) is 0 Å². The highest BCUT2D eigenvalue weighted by atomic mass is 79.9. The number of hydrogen-bond donors (Lipinski definition) is 2. The molecule has 0 atom stereocenters. The van der Waals surface area contributed by atoms with Crippen molar-refractivity contribution in [3.8, 4) is 0 Å². The van der Waals surface area contributed by atoms with Crippen LogP contribution in [-0.2, 0) is 0 Å². The van der Waals surface area contributed by atoms with Crippen molar-refractivity contribution in [2.75, 3.05) is 11.9 Å². The highest BCUT2D eigenvalue weighted by Crippen LogP contribution is 2.22. The van der Waals surface area contributed by atoms with Crippen molar-refractivity contribution < 1.29 is 0 Å². The largest absolute Gasteiger partial charge is 0.367 e. The summed E-state index contributed by atoms with van der Waals surface area (Å²) in [6, 6.07) is 1.79. The predicted octanol–water partition coefficient (Wildman–Crippen LogP) is 2.65. The molecule has 1 heterocycles. The molecule has 1 rings (SSSR count). The summed E-state index contributed by atoms with van der Waals surface area (Å²) in [6.45, 7) is 4.50. The first-order valence-corrected chi connectivity index (χ1v) is 5.39. The van der Waals surface area contributed by atoms with Crippen molar-refractivity contribution in [2.45, 2.75) is 19.4 Å². The van der Waals surface area contributed by atoms with Gasteiger partial charge in [0.2, 0.25) is 0 Å². The zero-order valence-electron chi connectivity index (χ0n) is 8.14. The van der Waals surface area contributed by atoms with Gasteiger partial charge in [-0.3, -0.25) is 0 Å². The van der Waals surface area contributed by atoms with E-state index in [1.54, 1.807) is 12.3 Å². The van der Waals surface area contributed by atoms with Crippen LogP contribution in [0.2, 0.25) is 5.02 Å². The first kappa shape index (κ1) is 11.8. The minimum Gasteiger partial charge on any atom is -0.367 e. The second-order valence-electron chi connectivity index (χ2n) is 3.83. The number of aromatic nitrogens is 1. The highest BCUT2D eigenvalue weighted by Gasteiger charge is 2.11. The van der Waals surface area contributed by atoms with Crippen LogP contribution < -0.4 is 11.1 Å². The number of rotatable bonds is 3. The van der Waals surface area contributed by atoms with Gasteiger partial charge >= 0.3 is 0 Å². The molecule has 0 unspecified atom stereocenters. The van der Waals surface area contributed by atoms with E-state index >= 15 is 0 Å². The number of nitrogens with zero attached hydrogens (tertiary/aromatic N) is 1. The molecule has 0 radical (unpaired) electrons. The number of nitrogens with one attached hydrogen (secondary N) is 1. The second kappa shape index (κ2) is 4.47. The molecule has 5 heteroatoms. The van der Waals surface area contributed by atoms with Gasteiger partial charge in [0.15, 0.2) is 0 Å². The van der Waals surface area contributed by atoms with Crippen LogP contribution in [0, 0.1) is 0 Å². The van der Waals surface area contributed by atoms with E-state index in [0.717, 1.165) is 4.47 Å². The molecule has 78 valence electrons. The Morgan fingerprint density at radius 2 is 2.29 bits per heavy atom. The van der Waals surface area contributed by atoms with Gasteiger partial charge in [-0.05, 0) is 35.8 Å². The summed E-state index contributed by atoms with van der Waals surface area (Å²) >= 11 is 9.25.